The van der Waals surface area contributed by atoms with Gasteiger partial charge in [0.2, 0.25) is 11.8 Å². The third-order valence-corrected chi connectivity index (χ3v) is 6.54. The first-order valence-corrected chi connectivity index (χ1v) is 11.3. The Hall–Kier alpha value is -2.93. The molecular weight excluding hydrogens is 409 g/mol. The molecule has 0 saturated carbocycles. The van der Waals surface area contributed by atoms with Crippen molar-refractivity contribution in [3.8, 4) is 0 Å². The van der Waals surface area contributed by atoms with Gasteiger partial charge in [0.1, 0.15) is 5.82 Å². The Kier molecular flexibility index (Phi) is 7.05. The first kappa shape index (κ1) is 22.3. The Balaban J connectivity index is 1.29. The van der Waals surface area contributed by atoms with Crippen molar-refractivity contribution in [1.29, 1.82) is 0 Å². The van der Waals surface area contributed by atoms with Gasteiger partial charge in [0.05, 0.1) is 5.41 Å². The van der Waals surface area contributed by atoms with E-state index in [9.17, 15) is 14.0 Å². The molecule has 0 radical (unpaired) electrons. The molecule has 0 spiro atoms. The quantitative estimate of drug-likeness (QED) is 0.752. The number of anilines is 1. The molecule has 2 aromatic rings. The zero-order valence-corrected chi connectivity index (χ0v) is 18.3. The standard InChI is InChI=1S/C25H30FN3O3/c26-21-6-4-5-20(19-21)25(10-17-32-18-11-25)24(31)27-12-9-23(30)29-15-13-28(14-16-29)22-7-2-1-3-8-22/h1-8,19H,9-18H2,(H,27,31). The number of para-hydroxylation sites is 1. The summed E-state index contributed by atoms with van der Waals surface area (Å²) in [6, 6.07) is 16.4. The average Bonchev–Trinajstić information content (AvgIpc) is 2.85. The lowest BCUT2D eigenvalue weighted by Gasteiger charge is -2.37. The van der Waals surface area contributed by atoms with Crippen LogP contribution in [0.5, 0.6) is 0 Å². The predicted octanol–water partition coefficient (Wildman–Crippen LogP) is 2.73. The fourth-order valence-electron chi connectivity index (χ4n) is 4.62. The van der Waals surface area contributed by atoms with E-state index >= 15 is 0 Å². The van der Waals surface area contributed by atoms with Crippen molar-refractivity contribution in [2.75, 3.05) is 50.8 Å². The summed E-state index contributed by atoms with van der Waals surface area (Å²) in [5.74, 6) is -0.469. The molecule has 2 amide bonds. The molecule has 2 aliphatic rings. The summed E-state index contributed by atoms with van der Waals surface area (Å²) >= 11 is 0. The summed E-state index contributed by atoms with van der Waals surface area (Å²) in [7, 11) is 0. The van der Waals surface area contributed by atoms with Crippen LogP contribution in [0.25, 0.3) is 0 Å². The van der Waals surface area contributed by atoms with Gasteiger partial charge < -0.3 is 19.9 Å². The van der Waals surface area contributed by atoms with Crippen molar-refractivity contribution in [3.63, 3.8) is 0 Å². The summed E-state index contributed by atoms with van der Waals surface area (Å²) in [6.07, 6.45) is 1.25. The fourth-order valence-corrected chi connectivity index (χ4v) is 4.62. The van der Waals surface area contributed by atoms with E-state index in [-0.39, 0.29) is 30.6 Å². The molecule has 2 saturated heterocycles. The van der Waals surface area contributed by atoms with Gasteiger partial charge in [0.15, 0.2) is 0 Å². The van der Waals surface area contributed by atoms with Gasteiger partial charge in [0, 0.05) is 58.0 Å². The second-order valence-electron chi connectivity index (χ2n) is 8.41. The molecule has 0 aromatic heterocycles. The Bertz CT molecular complexity index is 923. The zero-order valence-electron chi connectivity index (χ0n) is 18.3. The van der Waals surface area contributed by atoms with Crippen LogP contribution in [-0.4, -0.2) is 62.7 Å². The van der Waals surface area contributed by atoms with Crippen LogP contribution in [0.2, 0.25) is 0 Å². The minimum absolute atomic E-state index is 0.0461. The maximum absolute atomic E-state index is 13.8. The lowest BCUT2D eigenvalue weighted by Crippen LogP contribution is -2.50. The lowest BCUT2D eigenvalue weighted by atomic mass is 9.73. The Morgan fingerprint density at radius 1 is 0.969 bits per heavy atom. The van der Waals surface area contributed by atoms with E-state index in [1.54, 1.807) is 12.1 Å². The van der Waals surface area contributed by atoms with E-state index in [2.05, 4.69) is 22.3 Å². The average molecular weight is 440 g/mol. The maximum atomic E-state index is 13.8. The highest BCUT2D eigenvalue weighted by Gasteiger charge is 2.41. The monoisotopic (exact) mass is 439 g/mol. The van der Waals surface area contributed by atoms with E-state index < -0.39 is 5.41 Å². The molecule has 0 unspecified atom stereocenters. The van der Waals surface area contributed by atoms with Crippen LogP contribution < -0.4 is 10.2 Å². The number of hydrogen-bond donors (Lipinski definition) is 1. The van der Waals surface area contributed by atoms with Crippen LogP contribution >= 0.6 is 0 Å². The molecule has 0 atom stereocenters. The van der Waals surface area contributed by atoms with Crippen molar-refractivity contribution < 1.29 is 18.7 Å². The third kappa shape index (κ3) is 4.93. The number of nitrogens with one attached hydrogen (secondary N) is 1. The first-order chi connectivity index (χ1) is 15.6. The fraction of sp³-hybridized carbons (Fsp3) is 0.440. The van der Waals surface area contributed by atoms with E-state index in [1.807, 2.05) is 23.1 Å². The van der Waals surface area contributed by atoms with Crippen LogP contribution in [0.3, 0.4) is 0 Å². The summed E-state index contributed by atoms with van der Waals surface area (Å²) < 4.78 is 19.3. The molecule has 4 rings (SSSR count). The molecule has 2 aromatic carbocycles. The smallest absolute Gasteiger partial charge is 0.230 e. The first-order valence-electron chi connectivity index (χ1n) is 11.3. The molecular formula is C25H30FN3O3. The van der Waals surface area contributed by atoms with Crippen LogP contribution in [0, 0.1) is 5.82 Å². The van der Waals surface area contributed by atoms with Crippen molar-refractivity contribution in [2.45, 2.75) is 24.7 Å². The van der Waals surface area contributed by atoms with Gasteiger partial charge >= 0.3 is 0 Å². The SMILES string of the molecule is O=C(CCNC(=O)C1(c2cccc(F)c2)CCOCC1)N1CCN(c2ccccc2)CC1. The van der Waals surface area contributed by atoms with E-state index in [1.165, 1.54) is 17.8 Å². The predicted molar refractivity (Wildman–Crippen MR) is 121 cm³/mol. The topological polar surface area (TPSA) is 61.9 Å². The zero-order chi connectivity index (χ0) is 22.4. The molecule has 170 valence electrons. The van der Waals surface area contributed by atoms with E-state index in [0.29, 0.717) is 44.7 Å². The molecule has 2 heterocycles. The summed E-state index contributed by atoms with van der Waals surface area (Å²) in [4.78, 5) is 30.0. The molecule has 2 aliphatic heterocycles. The number of piperazine rings is 1. The number of carbonyl (C=O) groups is 2. The number of hydrogen-bond acceptors (Lipinski definition) is 4. The van der Waals surface area contributed by atoms with Gasteiger partial charge in [-0.2, -0.15) is 0 Å². The van der Waals surface area contributed by atoms with Crippen LogP contribution in [0.1, 0.15) is 24.8 Å². The lowest BCUT2D eigenvalue weighted by molar-refractivity contribution is -0.132. The Morgan fingerprint density at radius 2 is 1.69 bits per heavy atom. The largest absolute Gasteiger partial charge is 0.381 e. The van der Waals surface area contributed by atoms with Crippen molar-refractivity contribution in [1.82, 2.24) is 10.2 Å². The second kappa shape index (κ2) is 10.1. The maximum Gasteiger partial charge on any atom is 0.230 e. The normalized spacial score (nSPS) is 18.3. The van der Waals surface area contributed by atoms with Gasteiger partial charge in [-0.25, -0.2) is 4.39 Å². The molecule has 1 N–H and O–H groups in total. The molecule has 6 nitrogen and oxygen atoms in total. The van der Waals surface area contributed by atoms with Crippen molar-refractivity contribution in [3.05, 3.63) is 66.0 Å². The van der Waals surface area contributed by atoms with Crippen LogP contribution in [0.4, 0.5) is 10.1 Å². The van der Waals surface area contributed by atoms with Gasteiger partial charge in [-0.15, -0.1) is 0 Å². The van der Waals surface area contributed by atoms with E-state index in [0.717, 1.165) is 13.1 Å². The molecule has 2 fully saturated rings. The molecule has 7 heteroatoms. The highest BCUT2D eigenvalue weighted by atomic mass is 19.1. The van der Waals surface area contributed by atoms with Crippen LogP contribution in [0.15, 0.2) is 54.6 Å². The van der Waals surface area contributed by atoms with Gasteiger partial charge in [-0.1, -0.05) is 30.3 Å². The molecule has 32 heavy (non-hydrogen) atoms. The van der Waals surface area contributed by atoms with Crippen molar-refractivity contribution >= 4 is 17.5 Å². The Labute approximate surface area is 188 Å². The van der Waals surface area contributed by atoms with Gasteiger partial charge in [-0.05, 0) is 42.7 Å². The number of nitrogens with zero attached hydrogens (tertiary/aromatic N) is 2. The summed E-state index contributed by atoms with van der Waals surface area (Å²) in [6.45, 7) is 4.12. The third-order valence-electron chi connectivity index (χ3n) is 6.54. The second-order valence-corrected chi connectivity index (χ2v) is 8.41. The van der Waals surface area contributed by atoms with Gasteiger partial charge in [0.25, 0.3) is 0 Å². The number of amides is 2. The summed E-state index contributed by atoms with van der Waals surface area (Å²) in [5, 5.41) is 2.94. The van der Waals surface area contributed by atoms with E-state index in [4.69, 9.17) is 4.74 Å². The highest BCUT2D eigenvalue weighted by Crippen LogP contribution is 2.35. The van der Waals surface area contributed by atoms with Crippen molar-refractivity contribution in [2.24, 2.45) is 0 Å². The van der Waals surface area contributed by atoms with Crippen LogP contribution in [-0.2, 0) is 19.7 Å². The minimum Gasteiger partial charge on any atom is -0.381 e. The number of carbonyl (C=O) groups excluding carboxylic acids is 2. The highest BCUT2D eigenvalue weighted by molar-refractivity contribution is 5.89. The molecule has 0 aliphatic carbocycles. The van der Waals surface area contributed by atoms with Gasteiger partial charge in [-0.3, -0.25) is 9.59 Å². The number of ether oxygens (including phenoxy) is 1. The molecule has 0 bridgehead atoms. The number of rotatable bonds is 6. The summed E-state index contributed by atoms with van der Waals surface area (Å²) in [5.41, 5.74) is 1.03. The number of benzene rings is 2. The number of halogens is 1. The minimum atomic E-state index is -0.815. The Morgan fingerprint density at radius 3 is 2.38 bits per heavy atom.